The molecule has 1 unspecified atom stereocenters. The number of nitrogens with one attached hydrogen (secondary N) is 2. The minimum Gasteiger partial charge on any atom is -0.351 e. The second-order valence-electron chi connectivity index (χ2n) is 4.99. The molecule has 20 heavy (non-hydrogen) atoms. The summed E-state index contributed by atoms with van der Waals surface area (Å²) in [5.74, 6) is -0.679. The summed E-state index contributed by atoms with van der Waals surface area (Å²) in [5.41, 5.74) is 0.0313. The Balaban J connectivity index is 1.76. The van der Waals surface area contributed by atoms with Gasteiger partial charge in [0.2, 0.25) is 5.76 Å². The molecule has 0 aliphatic heterocycles. The molecular formula is C12H16F3N3O2. The van der Waals surface area contributed by atoms with E-state index in [1.54, 1.807) is 0 Å². The molecule has 1 atom stereocenters. The van der Waals surface area contributed by atoms with E-state index < -0.39 is 18.0 Å². The fourth-order valence-electron chi connectivity index (χ4n) is 2.02. The maximum atomic E-state index is 12.3. The topological polar surface area (TPSA) is 67.2 Å². The Labute approximate surface area is 113 Å². The molecule has 1 aliphatic carbocycles. The van der Waals surface area contributed by atoms with Crippen molar-refractivity contribution >= 4 is 6.03 Å². The highest BCUT2D eigenvalue weighted by Gasteiger charge is 2.36. The van der Waals surface area contributed by atoms with Crippen molar-refractivity contribution in [3.8, 4) is 0 Å². The Bertz CT molecular complexity index is 469. The van der Waals surface area contributed by atoms with E-state index in [4.69, 9.17) is 0 Å². The summed E-state index contributed by atoms with van der Waals surface area (Å²) in [4.78, 5) is 11.6. The van der Waals surface area contributed by atoms with Crippen molar-refractivity contribution in [1.29, 1.82) is 0 Å². The van der Waals surface area contributed by atoms with Crippen LogP contribution in [-0.4, -0.2) is 17.2 Å². The average Bonchev–Trinajstić information content (AvgIpc) is 2.71. The second kappa shape index (κ2) is 5.72. The third kappa shape index (κ3) is 3.64. The van der Waals surface area contributed by atoms with Gasteiger partial charge in [-0.2, -0.15) is 13.2 Å². The van der Waals surface area contributed by atoms with Gasteiger partial charge in [-0.1, -0.05) is 11.6 Å². The lowest BCUT2D eigenvalue weighted by molar-refractivity contribution is -0.155. The lowest BCUT2D eigenvalue weighted by atomic mass is 9.80. The van der Waals surface area contributed by atoms with Crippen LogP contribution in [0.15, 0.2) is 10.6 Å². The standard InChI is InChI=1S/C12H16F3N3O2/c1-7(8-3-2-4-8)17-11(19)16-6-9-5-10(20-18-9)12(13,14)15/h5,7-8H,2-4,6H2,1H3,(H2,16,17,19). The van der Waals surface area contributed by atoms with E-state index in [1.165, 1.54) is 6.42 Å². The van der Waals surface area contributed by atoms with Gasteiger partial charge in [0.1, 0.15) is 5.69 Å². The largest absolute Gasteiger partial charge is 0.452 e. The molecule has 2 amide bonds. The minimum atomic E-state index is -4.56. The molecule has 0 aromatic carbocycles. The molecule has 2 rings (SSSR count). The summed E-state index contributed by atoms with van der Waals surface area (Å²) < 4.78 is 41.0. The molecule has 8 heteroatoms. The van der Waals surface area contributed by atoms with E-state index in [9.17, 15) is 18.0 Å². The zero-order valence-corrected chi connectivity index (χ0v) is 11.0. The van der Waals surface area contributed by atoms with Crippen molar-refractivity contribution in [1.82, 2.24) is 15.8 Å². The number of rotatable bonds is 4. The van der Waals surface area contributed by atoms with E-state index in [1.807, 2.05) is 6.92 Å². The fraction of sp³-hybridized carbons (Fsp3) is 0.667. The number of carbonyl (C=O) groups is 1. The number of alkyl halides is 3. The van der Waals surface area contributed by atoms with Crippen LogP contribution in [0.4, 0.5) is 18.0 Å². The van der Waals surface area contributed by atoms with Gasteiger partial charge < -0.3 is 15.2 Å². The van der Waals surface area contributed by atoms with Gasteiger partial charge in [0.15, 0.2) is 0 Å². The zero-order valence-electron chi connectivity index (χ0n) is 11.0. The molecule has 112 valence electrons. The van der Waals surface area contributed by atoms with Gasteiger partial charge >= 0.3 is 12.2 Å². The quantitative estimate of drug-likeness (QED) is 0.896. The molecule has 1 saturated carbocycles. The van der Waals surface area contributed by atoms with E-state index in [2.05, 4.69) is 20.3 Å². The molecule has 1 fully saturated rings. The first kappa shape index (κ1) is 14.7. The highest BCUT2D eigenvalue weighted by atomic mass is 19.4. The molecule has 0 radical (unpaired) electrons. The number of hydrogen-bond donors (Lipinski definition) is 2. The summed E-state index contributed by atoms with van der Waals surface area (Å²) >= 11 is 0. The molecule has 0 spiro atoms. The number of carbonyl (C=O) groups excluding carboxylic acids is 1. The van der Waals surface area contributed by atoms with E-state index in [0.717, 1.165) is 18.9 Å². The maximum absolute atomic E-state index is 12.3. The summed E-state index contributed by atoms with van der Waals surface area (Å²) in [6.45, 7) is 1.81. The van der Waals surface area contributed by atoms with Crippen LogP contribution in [0, 0.1) is 5.92 Å². The molecular weight excluding hydrogens is 275 g/mol. The van der Waals surface area contributed by atoms with Crippen molar-refractivity contribution in [2.45, 2.75) is 44.9 Å². The van der Waals surface area contributed by atoms with Gasteiger partial charge in [-0.15, -0.1) is 0 Å². The van der Waals surface area contributed by atoms with Crippen LogP contribution in [0.1, 0.15) is 37.6 Å². The van der Waals surface area contributed by atoms with Gasteiger partial charge in [0.05, 0.1) is 6.54 Å². The Morgan fingerprint density at radius 2 is 2.25 bits per heavy atom. The van der Waals surface area contributed by atoms with Gasteiger partial charge in [0.25, 0.3) is 0 Å². The van der Waals surface area contributed by atoms with Crippen LogP contribution >= 0.6 is 0 Å². The molecule has 0 bridgehead atoms. The van der Waals surface area contributed by atoms with Crippen molar-refractivity contribution in [3.05, 3.63) is 17.5 Å². The maximum Gasteiger partial charge on any atom is 0.452 e. The van der Waals surface area contributed by atoms with Crippen LogP contribution in [0.5, 0.6) is 0 Å². The lowest BCUT2D eigenvalue weighted by Gasteiger charge is -2.31. The van der Waals surface area contributed by atoms with Crippen LogP contribution < -0.4 is 10.6 Å². The summed E-state index contributed by atoms with van der Waals surface area (Å²) in [5, 5.41) is 8.47. The highest BCUT2D eigenvalue weighted by Crippen LogP contribution is 2.30. The second-order valence-corrected chi connectivity index (χ2v) is 4.99. The first-order valence-electron chi connectivity index (χ1n) is 6.43. The summed E-state index contributed by atoms with van der Waals surface area (Å²) in [6.07, 6.45) is -1.19. The first-order valence-corrected chi connectivity index (χ1v) is 6.43. The molecule has 1 aromatic heterocycles. The van der Waals surface area contributed by atoms with Crippen molar-refractivity contribution in [3.63, 3.8) is 0 Å². The third-order valence-corrected chi connectivity index (χ3v) is 3.48. The Kier molecular flexibility index (Phi) is 4.20. The van der Waals surface area contributed by atoms with Crippen LogP contribution in [-0.2, 0) is 12.7 Å². The lowest BCUT2D eigenvalue weighted by Crippen LogP contribution is -2.45. The molecule has 5 nitrogen and oxygen atoms in total. The van der Waals surface area contributed by atoms with Gasteiger partial charge in [-0.25, -0.2) is 4.79 Å². The predicted molar refractivity (Wildman–Crippen MR) is 63.7 cm³/mol. The van der Waals surface area contributed by atoms with Crippen LogP contribution in [0.3, 0.4) is 0 Å². The molecule has 0 saturated heterocycles. The first-order chi connectivity index (χ1) is 9.36. The minimum absolute atomic E-state index is 0.0313. The van der Waals surface area contributed by atoms with E-state index in [-0.39, 0.29) is 18.3 Å². The van der Waals surface area contributed by atoms with E-state index in [0.29, 0.717) is 5.92 Å². The third-order valence-electron chi connectivity index (χ3n) is 3.48. The van der Waals surface area contributed by atoms with Crippen molar-refractivity contribution in [2.75, 3.05) is 0 Å². The van der Waals surface area contributed by atoms with Gasteiger partial charge in [-0.3, -0.25) is 0 Å². The molecule has 1 aliphatic rings. The van der Waals surface area contributed by atoms with Crippen molar-refractivity contribution < 1.29 is 22.5 Å². The normalized spacial score (nSPS) is 17.4. The van der Waals surface area contributed by atoms with Crippen LogP contribution in [0.25, 0.3) is 0 Å². The van der Waals surface area contributed by atoms with Crippen LogP contribution in [0.2, 0.25) is 0 Å². The number of urea groups is 1. The van der Waals surface area contributed by atoms with Crippen molar-refractivity contribution in [2.24, 2.45) is 5.92 Å². The number of nitrogens with zero attached hydrogens (tertiary/aromatic N) is 1. The Morgan fingerprint density at radius 1 is 1.55 bits per heavy atom. The van der Waals surface area contributed by atoms with Gasteiger partial charge in [0, 0.05) is 12.1 Å². The number of hydrogen-bond acceptors (Lipinski definition) is 3. The highest BCUT2D eigenvalue weighted by molar-refractivity contribution is 5.74. The monoisotopic (exact) mass is 291 g/mol. The predicted octanol–water partition coefficient (Wildman–Crippen LogP) is 2.68. The number of amides is 2. The SMILES string of the molecule is CC(NC(=O)NCc1cc(C(F)(F)F)on1)C1CCC1. The Morgan fingerprint density at radius 3 is 2.75 bits per heavy atom. The number of halogens is 3. The zero-order chi connectivity index (χ0) is 14.8. The van der Waals surface area contributed by atoms with E-state index >= 15 is 0 Å². The number of aromatic nitrogens is 1. The molecule has 2 N–H and O–H groups in total. The van der Waals surface area contributed by atoms with Gasteiger partial charge in [-0.05, 0) is 25.7 Å². The Hall–Kier alpha value is -1.73. The summed E-state index contributed by atoms with van der Waals surface area (Å²) in [7, 11) is 0. The fourth-order valence-corrected chi connectivity index (χ4v) is 2.02. The summed E-state index contributed by atoms with van der Waals surface area (Å²) in [6, 6.07) is 0.420. The average molecular weight is 291 g/mol. The molecule has 1 aromatic rings. The smallest absolute Gasteiger partial charge is 0.351 e. The molecule has 1 heterocycles.